The van der Waals surface area contributed by atoms with E-state index in [1.54, 1.807) is 61.7 Å². The highest BCUT2D eigenvalue weighted by atomic mass is 19.1. The third-order valence-electron chi connectivity index (χ3n) is 21.6. The minimum Gasteiger partial charge on any atom is -0.490 e. The van der Waals surface area contributed by atoms with Crippen molar-refractivity contribution in [3.05, 3.63) is 337 Å². The van der Waals surface area contributed by atoms with E-state index < -0.39 is 5.82 Å². The Bertz CT molecular complexity index is 7460. The van der Waals surface area contributed by atoms with Crippen molar-refractivity contribution in [1.29, 1.82) is 5.26 Å². The van der Waals surface area contributed by atoms with E-state index in [0.717, 1.165) is 114 Å². The first-order valence-electron chi connectivity index (χ1n) is 45.5. The van der Waals surface area contributed by atoms with Crippen LogP contribution < -0.4 is 18.9 Å². The van der Waals surface area contributed by atoms with E-state index in [-0.39, 0.29) is 11.5 Å². The monoisotopic (exact) mass is 1870 g/mol. The molecule has 0 saturated carbocycles. The van der Waals surface area contributed by atoms with Crippen LogP contribution >= 0.6 is 0 Å². The van der Waals surface area contributed by atoms with Gasteiger partial charge in [0.2, 0.25) is 34.9 Å². The molecule has 0 aliphatic rings. The smallest absolute Gasteiger partial charge is 0.258 e. The first-order valence-corrected chi connectivity index (χ1v) is 45.5. The first-order chi connectivity index (χ1) is 68.3. The van der Waals surface area contributed by atoms with Crippen molar-refractivity contribution in [3.8, 4) is 166 Å². The molecule has 10 aromatic heterocycles. The van der Waals surface area contributed by atoms with Gasteiger partial charge in [-0.15, -0.1) is 0 Å². The first kappa shape index (κ1) is 97.2. The van der Waals surface area contributed by atoms with Crippen LogP contribution in [0.4, 0.5) is 4.39 Å². The summed E-state index contributed by atoms with van der Waals surface area (Å²) in [6.07, 6.45) is 15.8. The summed E-state index contributed by atoms with van der Waals surface area (Å²) in [6, 6.07) is 81.0. The van der Waals surface area contributed by atoms with E-state index in [9.17, 15) is 4.39 Å². The van der Waals surface area contributed by atoms with E-state index in [4.69, 9.17) is 51.3 Å². The van der Waals surface area contributed by atoms with Gasteiger partial charge in [-0.1, -0.05) is 160 Å². The van der Waals surface area contributed by atoms with Gasteiger partial charge in [0.1, 0.15) is 5.82 Å². The van der Waals surface area contributed by atoms with E-state index in [1.165, 1.54) is 40.6 Å². The summed E-state index contributed by atoms with van der Waals surface area (Å²) in [4.78, 5) is 47.0. The van der Waals surface area contributed by atoms with Crippen molar-refractivity contribution >= 4 is 21.5 Å². The molecule has 140 heavy (non-hydrogen) atoms. The lowest BCUT2D eigenvalue weighted by Gasteiger charge is -2.13. The lowest BCUT2D eigenvalue weighted by atomic mass is 10.0. The molecule has 0 radical (unpaired) electrons. The van der Waals surface area contributed by atoms with Crippen molar-refractivity contribution in [2.24, 2.45) is 5.92 Å². The lowest BCUT2D eigenvalue weighted by Crippen LogP contribution is -2.11. The van der Waals surface area contributed by atoms with E-state index in [1.807, 2.05) is 179 Å². The molecule has 10 heterocycles. The summed E-state index contributed by atoms with van der Waals surface area (Å²) >= 11 is 0. The Morgan fingerprint density at radius 1 is 0.336 bits per heavy atom. The average Bonchev–Trinajstić information content (AvgIpc) is 1.39. The predicted molar refractivity (Wildman–Crippen MR) is 534 cm³/mol. The molecule has 0 aliphatic carbocycles. The normalized spacial score (nSPS) is 10.9. The van der Waals surface area contributed by atoms with Crippen molar-refractivity contribution in [2.75, 3.05) is 54.6 Å². The number of aromatic nitrogens is 16. The van der Waals surface area contributed by atoms with Crippen LogP contribution in [0.3, 0.4) is 0 Å². The van der Waals surface area contributed by atoms with Crippen LogP contribution in [0.15, 0.2) is 325 Å². The Morgan fingerprint density at radius 3 is 1.25 bits per heavy atom. The van der Waals surface area contributed by atoms with Gasteiger partial charge in [0.05, 0.1) is 38.1 Å². The standard InChI is InChI=1S/2C22H27N3O3.C18H19N3O.2C17H11N3O.C14H7FN4O/c1-6-26-19-11-9-17(13-20(19)27-7-2)22-23-21(24-28-22)18-10-8-16(12-15(18)3)14-25(4)5;1-6-26-19-12-11-16(13-20(19)27-7-2)22-23-21(24-28-22)18-10-8-9-17(15(18)3)14-25(4)5;1-13(2)6-7-14-4-3-5-16(12-14)18-20-17(21-22-18)15-8-10-19-11-9-15;1-2-6-14-12(4-1)5-3-7-15(14)17-19-16(20-21-17)13-8-10-18-11-9-13;1-2-4-14-11-15(6-5-12(14)3-1)17-19-16(20-21-17)13-7-9-18-10-8-13;15-12-6-9(8-16)5-11(7-12)14-18-13(19-20-14)10-1-3-17-4-2-10/h2*8-13H,6-7,14H2,1-5H3;3-5,8-13H,6-7H2,1-2H3;2*1-11H;1-7H. The zero-order chi connectivity index (χ0) is 97.6. The Labute approximate surface area is 808 Å². The fourth-order valence-corrected chi connectivity index (χ4v) is 14.8. The Morgan fingerprint density at radius 2 is 0.750 bits per heavy atom. The highest BCUT2D eigenvalue weighted by Crippen LogP contribution is 2.38. The number of halogens is 1. The second-order valence-corrected chi connectivity index (χ2v) is 32.8. The molecule has 0 atom stereocenters. The molecule has 0 saturated heterocycles. The van der Waals surface area contributed by atoms with E-state index in [2.05, 4.69) is 219 Å². The summed E-state index contributed by atoms with van der Waals surface area (Å²) in [6.45, 7) is 20.4. The summed E-state index contributed by atoms with van der Waals surface area (Å²) in [5, 5.41) is 37.8. The number of benzene rings is 10. The Balaban J connectivity index is 0.000000128. The zero-order valence-corrected chi connectivity index (χ0v) is 79.5. The van der Waals surface area contributed by atoms with Crippen LogP contribution in [0.1, 0.15) is 81.3 Å². The highest BCUT2D eigenvalue weighted by molar-refractivity contribution is 5.95. The van der Waals surface area contributed by atoms with Gasteiger partial charge in [0.15, 0.2) is 23.0 Å². The number of hydrogen-bond acceptors (Lipinski definition) is 29. The fraction of sp³-hybridized carbons (Fsp3) is 0.191. The van der Waals surface area contributed by atoms with Gasteiger partial charge in [-0.2, -0.15) is 35.2 Å². The minimum absolute atomic E-state index is 0.160. The molecule has 20 rings (SSSR count). The van der Waals surface area contributed by atoms with Crippen LogP contribution in [-0.2, 0) is 19.5 Å². The molecule has 0 amide bonds. The van der Waals surface area contributed by atoms with E-state index in [0.29, 0.717) is 125 Å². The maximum absolute atomic E-state index is 13.4. The summed E-state index contributed by atoms with van der Waals surface area (Å²) in [5.41, 5.74) is 16.4. The second kappa shape index (κ2) is 47.7. The SMILES string of the molecule is CC(C)CCc1cccc(-c2nc(-c3ccncc3)no2)c1.CCOc1ccc(-c2nc(-c3ccc(CN(C)C)cc3C)no2)cc1OCC.CCOc1ccc(-c2nc(-c3cccc(CN(C)C)c3C)no2)cc1OCC.N#Cc1cc(F)cc(-c2nc(-c3ccncc3)no2)c1.c1ccc2c(-c3nc(-c4ccncc4)no3)cccc2c1.c1ccc2cc(-c3nc(-c4ccncc4)no3)ccc2c1. The van der Waals surface area contributed by atoms with Crippen LogP contribution in [0, 0.1) is 36.9 Å². The molecule has 20 aromatic rings. The number of rotatable bonds is 27. The molecule has 0 aliphatic heterocycles. The van der Waals surface area contributed by atoms with Crippen LogP contribution in [0.25, 0.3) is 159 Å². The molecule has 0 unspecified atom stereocenters. The zero-order valence-electron chi connectivity index (χ0n) is 79.5. The molecule has 30 heteroatoms. The van der Waals surface area contributed by atoms with Crippen LogP contribution in [-0.4, -0.2) is 145 Å². The number of nitriles is 1. The molecule has 0 N–H and O–H groups in total. The Kier molecular flexibility index (Phi) is 33.2. The average molecular weight is 1870 g/mol. The Hall–Kier alpha value is -17.3. The molecule has 0 spiro atoms. The van der Waals surface area contributed by atoms with Gasteiger partial charge in [0.25, 0.3) is 35.3 Å². The van der Waals surface area contributed by atoms with Crippen LogP contribution in [0.2, 0.25) is 0 Å². The van der Waals surface area contributed by atoms with Crippen LogP contribution in [0.5, 0.6) is 23.0 Å². The van der Waals surface area contributed by atoms with Crippen molar-refractivity contribution in [1.82, 2.24) is 90.6 Å². The minimum atomic E-state index is -0.525. The number of pyridine rings is 4. The van der Waals surface area contributed by atoms with Gasteiger partial charge >= 0.3 is 0 Å². The fourth-order valence-electron chi connectivity index (χ4n) is 14.8. The van der Waals surface area contributed by atoms with Gasteiger partial charge in [-0.05, 0) is 271 Å². The number of hydrogen-bond donors (Lipinski definition) is 0. The summed E-state index contributed by atoms with van der Waals surface area (Å²) < 4.78 is 68.4. The van der Waals surface area contributed by atoms with Crippen molar-refractivity contribution in [3.63, 3.8) is 0 Å². The molecular weight excluding hydrogens is 1770 g/mol. The molecule has 29 nitrogen and oxygen atoms in total. The topological polar surface area (TPSA) is 352 Å². The van der Waals surface area contributed by atoms with E-state index >= 15 is 0 Å². The van der Waals surface area contributed by atoms with Gasteiger partial charge in [-0.25, -0.2) is 4.39 Å². The van der Waals surface area contributed by atoms with Crippen molar-refractivity contribution < 1.29 is 50.5 Å². The molecule has 0 bridgehead atoms. The second-order valence-electron chi connectivity index (χ2n) is 32.8. The molecule has 0 fully saturated rings. The summed E-state index contributed by atoms with van der Waals surface area (Å²) in [7, 11) is 8.23. The van der Waals surface area contributed by atoms with Gasteiger partial charge in [0, 0.05) is 129 Å². The molecule has 704 valence electrons. The number of aryl methyl sites for hydroxylation is 2. The largest absolute Gasteiger partial charge is 0.490 e. The molecular formula is C110H102FN19O10. The third kappa shape index (κ3) is 25.6. The highest BCUT2D eigenvalue weighted by Gasteiger charge is 2.22. The van der Waals surface area contributed by atoms with Gasteiger partial charge < -0.3 is 55.9 Å². The lowest BCUT2D eigenvalue weighted by molar-refractivity contribution is 0.288. The number of fused-ring (bicyclic) bond motifs is 2. The molecule has 10 aromatic carbocycles. The number of nitrogens with zero attached hydrogens (tertiary/aromatic N) is 19. The maximum atomic E-state index is 13.4. The quantitative estimate of drug-likeness (QED) is 0.0461. The van der Waals surface area contributed by atoms with Gasteiger partial charge in [-0.3, -0.25) is 19.9 Å². The number of ether oxygens (including phenoxy) is 4. The predicted octanol–water partition coefficient (Wildman–Crippen LogP) is 24.2. The van der Waals surface area contributed by atoms with Crippen molar-refractivity contribution in [2.45, 2.75) is 81.3 Å². The maximum Gasteiger partial charge on any atom is 0.258 e. The third-order valence-corrected chi connectivity index (χ3v) is 21.6. The summed E-state index contributed by atoms with van der Waals surface area (Å²) in [5.74, 6) is 8.88.